The first kappa shape index (κ1) is 16.9. The van der Waals surface area contributed by atoms with Crippen molar-refractivity contribution in [3.63, 3.8) is 0 Å². The third-order valence-electron chi connectivity index (χ3n) is 3.67. The van der Waals surface area contributed by atoms with Crippen LogP contribution in [-0.4, -0.2) is 34.3 Å². The maximum atomic E-state index is 9.42. The van der Waals surface area contributed by atoms with Crippen molar-refractivity contribution in [1.29, 1.82) is 5.26 Å². The smallest absolute Gasteiger partial charge is 0.227 e. The molecule has 0 amide bonds. The molecule has 7 nitrogen and oxygen atoms in total. The van der Waals surface area contributed by atoms with Crippen molar-refractivity contribution in [2.24, 2.45) is 0 Å². The lowest BCUT2D eigenvalue weighted by molar-refractivity contribution is 0.0253. The van der Waals surface area contributed by atoms with Gasteiger partial charge in [0.2, 0.25) is 5.95 Å². The summed E-state index contributed by atoms with van der Waals surface area (Å²) in [6, 6.07) is 7.41. The zero-order valence-corrected chi connectivity index (χ0v) is 14.0. The highest BCUT2D eigenvalue weighted by Gasteiger charge is 2.18. The Hall–Kier alpha value is -2.98. The summed E-state index contributed by atoms with van der Waals surface area (Å²) >= 11 is 0. The maximum Gasteiger partial charge on any atom is 0.227 e. The first-order valence-electron chi connectivity index (χ1n) is 8.07. The molecule has 0 bridgehead atoms. The van der Waals surface area contributed by atoms with Gasteiger partial charge in [0.1, 0.15) is 12.2 Å². The Kier molecular flexibility index (Phi) is 5.21. The van der Waals surface area contributed by atoms with E-state index in [0.717, 1.165) is 18.5 Å². The second-order valence-electron chi connectivity index (χ2n) is 5.76. The molecule has 2 aromatic rings. The van der Waals surface area contributed by atoms with Gasteiger partial charge in [-0.3, -0.25) is 0 Å². The molecular weight excluding hydrogens is 318 g/mol. The number of pyridine rings is 1. The summed E-state index contributed by atoms with van der Waals surface area (Å²) in [6.07, 6.45) is 3.32. The predicted molar refractivity (Wildman–Crippen MR) is 92.9 cm³/mol. The average Bonchev–Trinajstić information content (AvgIpc) is 2.62. The summed E-state index contributed by atoms with van der Waals surface area (Å²) in [5, 5.41) is 12.4. The van der Waals surface area contributed by atoms with Gasteiger partial charge in [-0.05, 0) is 25.1 Å². The van der Waals surface area contributed by atoms with Gasteiger partial charge in [-0.25, -0.2) is 15.0 Å². The van der Waals surface area contributed by atoms with Crippen molar-refractivity contribution in [3.05, 3.63) is 42.4 Å². The Labute approximate surface area is 146 Å². The summed E-state index contributed by atoms with van der Waals surface area (Å²) in [4.78, 5) is 12.9. The Morgan fingerprint density at radius 3 is 2.76 bits per heavy atom. The molecule has 128 valence electrons. The highest BCUT2D eigenvalue weighted by molar-refractivity contribution is 5.58. The zero-order valence-electron chi connectivity index (χ0n) is 14.0. The molecule has 25 heavy (non-hydrogen) atoms. The molecule has 1 saturated heterocycles. The number of allylic oxidation sites excluding steroid dienone is 1. The molecule has 0 saturated carbocycles. The van der Waals surface area contributed by atoms with Crippen LogP contribution in [0.5, 0.6) is 5.75 Å². The van der Waals surface area contributed by atoms with Crippen molar-refractivity contribution >= 4 is 5.95 Å². The molecule has 3 rings (SSSR count). The molecule has 1 aliphatic rings. The fraction of sp³-hybridized carbons (Fsp3) is 0.333. The minimum absolute atomic E-state index is 0.0546. The highest BCUT2D eigenvalue weighted by Crippen LogP contribution is 2.25. The minimum Gasteiger partial charge on any atom is -0.487 e. The summed E-state index contributed by atoms with van der Waals surface area (Å²) in [5.74, 6) is 0.931. The molecule has 2 aromatic heterocycles. The van der Waals surface area contributed by atoms with Gasteiger partial charge >= 0.3 is 0 Å². The van der Waals surface area contributed by atoms with Gasteiger partial charge in [0.15, 0.2) is 11.4 Å². The van der Waals surface area contributed by atoms with Crippen LogP contribution in [0.3, 0.4) is 0 Å². The Bertz CT molecular complexity index is 809. The van der Waals surface area contributed by atoms with Gasteiger partial charge in [-0.15, -0.1) is 0 Å². The molecule has 1 N–H and O–H groups in total. The number of hydrogen-bond donors (Lipinski definition) is 1. The van der Waals surface area contributed by atoms with Crippen LogP contribution in [0.2, 0.25) is 0 Å². The first-order valence-corrected chi connectivity index (χ1v) is 8.07. The van der Waals surface area contributed by atoms with E-state index in [1.165, 1.54) is 0 Å². The molecule has 1 aliphatic heterocycles. The summed E-state index contributed by atoms with van der Waals surface area (Å²) < 4.78 is 11.2. The number of nitrogens with one attached hydrogen (secondary N) is 1. The topological polar surface area (TPSA) is 93.0 Å². The lowest BCUT2D eigenvalue weighted by atomic mass is 10.1. The van der Waals surface area contributed by atoms with Gasteiger partial charge in [-0.2, -0.15) is 5.26 Å². The van der Waals surface area contributed by atoms with E-state index in [9.17, 15) is 5.26 Å². The summed E-state index contributed by atoms with van der Waals surface area (Å²) in [5.41, 5.74) is 2.19. The number of aromatic nitrogens is 3. The van der Waals surface area contributed by atoms with Crippen molar-refractivity contribution < 1.29 is 9.47 Å². The normalized spacial score (nSPS) is 14.6. The van der Waals surface area contributed by atoms with Gasteiger partial charge in [0.05, 0.1) is 24.6 Å². The van der Waals surface area contributed by atoms with Crippen LogP contribution in [0.25, 0.3) is 11.4 Å². The van der Waals surface area contributed by atoms with Crippen molar-refractivity contribution in [2.75, 3.05) is 18.5 Å². The average molecular weight is 337 g/mol. The van der Waals surface area contributed by atoms with E-state index >= 15 is 0 Å². The molecule has 0 atom stereocenters. The molecule has 7 heteroatoms. The lowest BCUT2D eigenvalue weighted by Gasteiger charge is -2.23. The van der Waals surface area contributed by atoms with E-state index in [2.05, 4.69) is 32.9 Å². The highest BCUT2D eigenvalue weighted by atomic mass is 16.5. The Morgan fingerprint density at radius 2 is 2.04 bits per heavy atom. The Morgan fingerprint density at radius 1 is 1.28 bits per heavy atom. The van der Waals surface area contributed by atoms with Crippen molar-refractivity contribution in [1.82, 2.24) is 15.0 Å². The number of nitriles is 1. The largest absolute Gasteiger partial charge is 0.487 e. The van der Waals surface area contributed by atoms with Crippen LogP contribution >= 0.6 is 0 Å². The molecule has 0 radical (unpaired) electrons. The van der Waals surface area contributed by atoms with E-state index in [0.29, 0.717) is 36.3 Å². The quantitative estimate of drug-likeness (QED) is 0.896. The zero-order chi connectivity index (χ0) is 17.6. The van der Waals surface area contributed by atoms with Gasteiger partial charge in [0.25, 0.3) is 0 Å². The molecule has 0 aromatic carbocycles. The van der Waals surface area contributed by atoms with Gasteiger partial charge in [-0.1, -0.05) is 6.58 Å². The van der Waals surface area contributed by atoms with Crippen LogP contribution in [0.4, 0.5) is 5.95 Å². The summed E-state index contributed by atoms with van der Waals surface area (Å²) in [6.45, 7) is 6.95. The molecule has 0 aliphatic carbocycles. The van der Waals surface area contributed by atoms with Crippen LogP contribution < -0.4 is 10.1 Å². The predicted octanol–water partition coefficient (Wildman–Crippen LogP) is 2.91. The standard InChI is InChI=1S/C18H19N5O2/c1-12(2)21-18-20-8-5-15(23-18)14-3-4-17(16(11-19)22-14)25-13-6-9-24-10-7-13/h3-5,8,13H,1,6-7,9-10H2,2H3,(H,20,21,23). The van der Waals surface area contributed by atoms with Gasteiger partial charge < -0.3 is 14.8 Å². The number of rotatable bonds is 5. The number of ether oxygens (including phenoxy) is 2. The second-order valence-corrected chi connectivity index (χ2v) is 5.76. The minimum atomic E-state index is 0.0546. The van der Waals surface area contributed by atoms with Crippen molar-refractivity contribution in [2.45, 2.75) is 25.9 Å². The fourth-order valence-electron chi connectivity index (χ4n) is 2.49. The van der Waals surface area contributed by atoms with E-state index in [4.69, 9.17) is 9.47 Å². The third-order valence-corrected chi connectivity index (χ3v) is 3.67. The Balaban J connectivity index is 1.84. The molecular formula is C18H19N5O2. The SMILES string of the molecule is C=C(C)Nc1nccc(-c2ccc(OC3CCOCC3)c(C#N)n2)n1. The van der Waals surface area contributed by atoms with E-state index in [1.807, 2.05) is 6.92 Å². The molecule has 0 spiro atoms. The third kappa shape index (κ3) is 4.31. The second kappa shape index (κ2) is 7.73. The number of hydrogen-bond acceptors (Lipinski definition) is 7. The molecule has 0 unspecified atom stereocenters. The van der Waals surface area contributed by atoms with Crippen LogP contribution in [0.15, 0.2) is 36.7 Å². The molecule has 3 heterocycles. The number of nitrogens with zero attached hydrogens (tertiary/aromatic N) is 4. The maximum absolute atomic E-state index is 9.42. The molecule has 1 fully saturated rings. The van der Waals surface area contributed by atoms with E-state index in [-0.39, 0.29) is 11.8 Å². The summed E-state index contributed by atoms with van der Waals surface area (Å²) in [7, 11) is 0. The monoisotopic (exact) mass is 337 g/mol. The van der Waals surface area contributed by atoms with Crippen LogP contribution in [-0.2, 0) is 4.74 Å². The number of anilines is 1. The van der Waals surface area contributed by atoms with Crippen LogP contribution in [0.1, 0.15) is 25.5 Å². The first-order chi connectivity index (χ1) is 12.2. The van der Waals surface area contributed by atoms with E-state index < -0.39 is 0 Å². The van der Waals surface area contributed by atoms with Gasteiger partial charge in [0, 0.05) is 24.7 Å². The van der Waals surface area contributed by atoms with E-state index in [1.54, 1.807) is 24.4 Å². The van der Waals surface area contributed by atoms with Crippen LogP contribution in [0, 0.1) is 11.3 Å². The lowest BCUT2D eigenvalue weighted by Crippen LogP contribution is -2.26. The van der Waals surface area contributed by atoms with Crippen molar-refractivity contribution in [3.8, 4) is 23.2 Å². The fourth-order valence-corrected chi connectivity index (χ4v) is 2.49.